The maximum Gasteiger partial charge on any atom is 0.387 e. The van der Waals surface area contributed by atoms with Crippen molar-refractivity contribution in [1.29, 1.82) is 0 Å². The van der Waals surface area contributed by atoms with Crippen LogP contribution in [0.5, 0.6) is 5.75 Å². The summed E-state index contributed by atoms with van der Waals surface area (Å²) < 4.78 is 29.3. The van der Waals surface area contributed by atoms with Gasteiger partial charge in [0.15, 0.2) is 0 Å². The van der Waals surface area contributed by atoms with Gasteiger partial charge in [-0.2, -0.15) is 8.78 Å². The first kappa shape index (κ1) is 16.9. The number of nitrogens with zero attached hydrogens (tertiary/aromatic N) is 1. The van der Waals surface area contributed by atoms with Crippen LogP contribution in [0.25, 0.3) is 0 Å². The van der Waals surface area contributed by atoms with Crippen LogP contribution in [-0.4, -0.2) is 30.5 Å². The van der Waals surface area contributed by atoms with Crippen molar-refractivity contribution in [1.82, 2.24) is 4.90 Å². The van der Waals surface area contributed by atoms with Gasteiger partial charge in [0.1, 0.15) is 10.6 Å². The third-order valence-corrected chi connectivity index (χ3v) is 5.21. The summed E-state index contributed by atoms with van der Waals surface area (Å²) in [7, 11) is 0. The van der Waals surface area contributed by atoms with Crippen molar-refractivity contribution >= 4 is 17.2 Å². The van der Waals surface area contributed by atoms with Crippen LogP contribution >= 0.6 is 11.3 Å². The molecule has 0 radical (unpaired) electrons. The van der Waals surface area contributed by atoms with Gasteiger partial charge in [-0.25, -0.2) is 0 Å². The zero-order valence-electron chi connectivity index (χ0n) is 13.2. The Kier molecular flexibility index (Phi) is 5.45. The number of carbonyl (C=O) groups is 1. The van der Waals surface area contributed by atoms with Crippen molar-refractivity contribution in [3.63, 3.8) is 0 Å². The molecular weight excluding hydrogens is 332 g/mol. The first-order valence-corrected chi connectivity index (χ1v) is 8.89. The number of likely N-dealkylation sites (tertiary alicyclic amines) is 1. The number of amides is 1. The maximum atomic E-state index is 12.7. The predicted molar refractivity (Wildman–Crippen MR) is 89.9 cm³/mol. The van der Waals surface area contributed by atoms with Crippen LogP contribution in [-0.2, 0) is 0 Å². The zero-order chi connectivity index (χ0) is 16.9. The molecule has 2 aromatic rings. The van der Waals surface area contributed by atoms with E-state index in [2.05, 4.69) is 16.9 Å². The molecule has 0 aliphatic carbocycles. The number of ether oxygens (including phenoxy) is 1. The Morgan fingerprint density at radius 2 is 1.96 bits per heavy atom. The standard InChI is InChI=1S/C18H19F2NO2S/c19-18(20)23-15-9-12-24-16(15)17(22)21-10-4-7-14(8-11-21)13-5-2-1-3-6-13/h1-3,5-6,9,12,14,18H,4,7-8,10-11H2. The van der Waals surface area contributed by atoms with E-state index in [0.717, 1.165) is 30.6 Å². The van der Waals surface area contributed by atoms with Crippen LogP contribution < -0.4 is 4.74 Å². The molecule has 0 saturated carbocycles. The van der Waals surface area contributed by atoms with Gasteiger partial charge < -0.3 is 9.64 Å². The highest BCUT2D eigenvalue weighted by molar-refractivity contribution is 7.12. The predicted octanol–water partition coefficient (Wildman–Crippen LogP) is 4.76. The average Bonchev–Trinajstić information content (AvgIpc) is 2.89. The van der Waals surface area contributed by atoms with E-state index in [-0.39, 0.29) is 16.5 Å². The van der Waals surface area contributed by atoms with Crippen LogP contribution in [0.3, 0.4) is 0 Å². The van der Waals surface area contributed by atoms with E-state index < -0.39 is 6.61 Å². The van der Waals surface area contributed by atoms with Crippen molar-refractivity contribution in [2.75, 3.05) is 13.1 Å². The molecule has 128 valence electrons. The minimum atomic E-state index is -2.92. The second-order valence-corrected chi connectivity index (χ2v) is 6.74. The molecule has 1 amide bonds. The number of alkyl halides is 2. The lowest BCUT2D eigenvalue weighted by Crippen LogP contribution is -2.31. The molecule has 0 N–H and O–H groups in total. The molecule has 1 aliphatic heterocycles. The molecule has 1 saturated heterocycles. The molecule has 2 heterocycles. The third-order valence-electron chi connectivity index (χ3n) is 4.33. The molecule has 1 unspecified atom stereocenters. The molecular formula is C18H19F2NO2S. The smallest absolute Gasteiger partial charge is 0.387 e. The quantitative estimate of drug-likeness (QED) is 0.795. The topological polar surface area (TPSA) is 29.5 Å². The van der Waals surface area contributed by atoms with Gasteiger partial charge in [-0.15, -0.1) is 11.3 Å². The Labute approximate surface area is 143 Å². The van der Waals surface area contributed by atoms with Crippen molar-refractivity contribution in [3.05, 3.63) is 52.2 Å². The highest BCUT2D eigenvalue weighted by Gasteiger charge is 2.26. The number of rotatable bonds is 4. The molecule has 0 spiro atoms. The SMILES string of the molecule is O=C(c1sccc1OC(F)F)N1CCCC(c2ccccc2)CC1. The average molecular weight is 351 g/mol. The van der Waals surface area contributed by atoms with Gasteiger partial charge in [0.05, 0.1) is 0 Å². The summed E-state index contributed by atoms with van der Waals surface area (Å²) in [5.74, 6) is 0.197. The second kappa shape index (κ2) is 7.75. The second-order valence-electron chi connectivity index (χ2n) is 5.82. The highest BCUT2D eigenvalue weighted by Crippen LogP contribution is 2.31. The molecule has 1 fully saturated rings. The molecule has 1 aromatic heterocycles. The zero-order valence-corrected chi connectivity index (χ0v) is 14.0. The van der Waals surface area contributed by atoms with Crippen LogP contribution in [0.1, 0.15) is 40.4 Å². The van der Waals surface area contributed by atoms with Gasteiger partial charge in [0.25, 0.3) is 5.91 Å². The van der Waals surface area contributed by atoms with E-state index in [1.165, 1.54) is 11.6 Å². The summed E-state index contributed by atoms with van der Waals surface area (Å²) >= 11 is 1.15. The van der Waals surface area contributed by atoms with E-state index in [1.807, 2.05) is 18.2 Å². The van der Waals surface area contributed by atoms with Crippen LogP contribution in [0.15, 0.2) is 41.8 Å². The van der Waals surface area contributed by atoms with Crippen molar-refractivity contribution < 1.29 is 18.3 Å². The number of carbonyl (C=O) groups excluding carboxylic acids is 1. The Balaban J connectivity index is 1.68. The Bertz CT molecular complexity index is 675. The Hall–Kier alpha value is -1.95. The molecule has 6 heteroatoms. The lowest BCUT2D eigenvalue weighted by atomic mass is 9.92. The lowest BCUT2D eigenvalue weighted by molar-refractivity contribution is -0.0499. The first-order valence-electron chi connectivity index (χ1n) is 8.01. The summed E-state index contributed by atoms with van der Waals surface area (Å²) in [6.45, 7) is -1.64. The molecule has 3 rings (SSSR count). The fourth-order valence-corrected chi connectivity index (χ4v) is 3.93. The minimum Gasteiger partial charge on any atom is -0.433 e. The largest absolute Gasteiger partial charge is 0.433 e. The van der Waals surface area contributed by atoms with Gasteiger partial charge in [-0.05, 0) is 42.2 Å². The summed E-state index contributed by atoms with van der Waals surface area (Å²) in [5, 5.41) is 1.61. The molecule has 1 atom stereocenters. The molecule has 1 aliphatic rings. The Morgan fingerprint density at radius 1 is 1.17 bits per heavy atom. The fraction of sp³-hybridized carbons (Fsp3) is 0.389. The minimum absolute atomic E-state index is 0.0242. The monoisotopic (exact) mass is 351 g/mol. The van der Waals surface area contributed by atoms with Crippen LogP contribution in [0.4, 0.5) is 8.78 Å². The van der Waals surface area contributed by atoms with E-state index in [0.29, 0.717) is 19.0 Å². The lowest BCUT2D eigenvalue weighted by Gasteiger charge is -2.20. The van der Waals surface area contributed by atoms with Crippen molar-refractivity contribution in [2.24, 2.45) is 0 Å². The van der Waals surface area contributed by atoms with E-state index in [9.17, 15) is 13.6 Å². The number of hydrogen-bond acceptors (Lipinski definition) is 3. The third kappa shape index (κ3) is 3.93. The number of benzene rings is 1. The Morgan fingerprint density at radius 3 is 2.71 bits per heavy atom. The highest BCUT2D eigenvalue weighted by atomic mass is 32.1. The molecule has 0 bridgehead atoms. The number of hydrogen-bond donors (Lipinski definition) is 0. The van der Waals surface area contributed by atoms with Gasteiger partial charge in [0.2, 0.25) is 0 Å². The van der Waals surface area contributed by atoms with E-state index >= 15 is 0 Å². The fourth-order valence-electron chi connectivity index (χ4n) is 3.14. The summed E-state index contributed by atoms with van der Waals surface area (Å²) in [5.41, 5.74) is 1.30. The van der Waals surface area contributed by atoms with Gasteiger partial charge in [-0.3, -0.25) is 4.79 Å². The molecule has 24 heavy (non-hydrogen) atoms. The molecule has 3 nitrogen and oxygen atoms in total. The number of thiophene rings is 1. The van der Waals surface area contributed by atoms with Gasteiger partial charge in [-0.1, -0.05) is 30.3 Å². The summed E-state index contributed by atoms with van der Waals surface area (Å²) in [4.78, 5) is 14.7. The van der Waals surface area contributed by atoms with E-state index in [4.69, 9.17) is 0 Å². The van der Waals surface area contributed by atoms with Crippen LogP contribution in [0.2, 0.25) is 0 Å². The van der Waals surface area contributed by atoms with Crippen molar-refractivity contribution in [2.45, 2.75) is 31.8 Å². The normalized spacial score (nSPS) is 18.5. The molecule has 1 aromatic carbocycles. The maximum absolute atomic E-state index is 12.7. The van der Waals surface area contributed by atoms with Crippen molar-refractivity contribution in [3.8, 4) is 5.75 Å². The van der Waals surface area contributed by atoms with Gasteiger partial charge in [0, 0.05) is 13.1 Å². The van der Waals surface area contributed by atoms with E-state index in [1.54, 1.807) is 10.3 Å². The first-order chi connectivity index (χ1) is 11.6. The summed E-state index contributed by atoms with van der Waals surface area (Å²) in [6.07, 6.45) is 2.81. The summed E-state index contributed by atoms with van der Waals surface area (Å²) in [6, 6.07) is 11.7. The van der Waals surface area contributed by atoms with Gasteiger partial charge >= 0.3 is 6.61 Å². The number of halogens is 2. The van der Waals surface area contributed by atoms with Crippen LogP contribution in [0, 0.1) is 0 Å².